The van der Waals surface area contributed by atoms with Gasteiger partial charge in [0.1, 0.15) is 0 Å². The molecule has 1 aromatic rings. The predicted molar refractivity (Wildman–Crippen MR) is 46.1 cm³/mol. The third-order valence-corrected chi connectivity index (χ3v) is 1.83. The summed E-state index contributed by atoms with van der Waals surface area (Å²) in [4.78, 5) is 0. The van der Waals surface area contributed by atoms with Crippen molar-refractivity contribution in [2.45, 2.75) is 5.92 Å². The minimum Gasteiger partial charge on any atom is -0.0726 e. The van der Waals surface area contributed by atoms with E-state index in [9.17, 15) is 0 Å². The van der Waals surface area contributed by atoms with Crippen LogP contribution >= 0.6 is 0 Å². The Morgan fingerprint density at radius 3 is 2.55 bits per heavy atom. The normalized spacial score (nSPS) is 16.0. The first-order chi connectivity index (χ1) is 5.47. The maximum absolute atomic E-state index is 3.24. The Morgan fingerprint density at radius 2 is 1.91 bits per heavy atom. The van der Waals surface area contributed by atoms with Gasteiger partial charge in [-0.25, -0.2) is 0 Å². The average Bonchev–Trinajstić information content (AvgIpc) is 2.58. The van der Waals surface area contributed by atoms with Crippen LogP contribution in [0.1, 0.15) is 11.5 Å². The first-order valence-electron chi connectivity index (χ1n) is 3.78. The third-order valence-electron chi connectivity index (χ3n) is 1.83. The Balaban J connectivity index is 2.30. The van der Waals surface area contributed by atoms with Gasteiger partial charge in [0.05, 0.1) is 0 Å². The zero-order valence-electron chi connectivity index (χ0n) is 6.20. The molecule has 0 aliphatic heterocycles. The second kappa shape index (κ2) is 2.75. The van der Waals surface area contributed by atoms with Crippen LogP contribution in [-0.4, -0.2) is 0 Å². The van der Waals surface area contributed by atoms with Crippen molar-refractivity contribution in [3.8, 4) is 0 Å². The predicted octanol–water partition coefficient (Wildman–Crippen LogP) is 2.70. The number of hydrogen-bond acceptors (Lipinski definition) is 0. The fourth-order valence-corrected chi connectivity index (χ4v) is 1.25. The lowest BCUT2D eigenvalue weighted by atomic mass is 10.0. The number of hydrogen-bond donors (Lipinski definition) is 0. The lowest BCUT2D eigenvalue weighted by Gasteiger charge is -2.02. The molecule has 1 unspecified atom stereocenters. The van der Waals surface area contributed by atoms with Gasteiger partial charge in [0, 0.05) is 5.92 Å². The van der Waals surface area contributed by atoms with Crippen molar-refractivity contribution in [1.29, 1.82) is 0 Å². The molecule has 1 aliphatic rings. The van der Waals surface area contributed by atoms with Gasteiger partial charge in [0.25, 0.3) is 0 Å². The highest BCUT2D eigenvalue weighted by molar-refractivity contribution is 5.31. The molecule has 0 saturated heterocycles. The fraction of sp³-hybridized carbons (Fsp3) is 0.0909. The molecule has 0 nitrogen and oxygen atoms in total. The molecule has 1 atom stereocenters. The van der Waals surface area contributed by atoms with Gasteiger partial charge >= 0.3 is 0 Å². The standard InChI is InChI=1S/C11H9/c1-2-6-10(7-3-1)11-8-4-5-9-11/h1-8,11H. The molecule has 2 rings (SSSR count). The van der Waals surface area contributed by atoms with Gasteiger partial charge in [-0.1, -0.05) is 48.6 Å². The van der Waals surface area contributed by atoms with E-state index in [-0.39, 0.29) is 0 Å². The second-order valence-electron chi connectivity index (χ2n) is 2.61. The SMILES string of the molecule is [C]1=CC=CC1c1ccccc1. The van der Waals surface area contributed by atoms with Crippen LogP contribution in [0.5, 0.6) is 0 Å². The van der Waals surface area contributed by atoms with Crippen LogP contribution in [0.25, 0.3) is 0 Å². The van der Waals surface area contributed by atoms with Crippen LogP contribution in [0.15, 0.2) is 48.6 Å². The molecule has 0 heterocycles. The zero-order valence-corrected chi connectivity index (χ0v) is 6.20. The van der Waals surface area contributed by atoms with E-state index in [0.29, 0.717) is 5.92 Å². The first-order valence-corrected chi connectivity index (χ1v) is 3.78. The molecule has 0 amide bonds. The summed E-state index contributed by atoms with van der Waals surface area (Å²) in [5, 5.41) is 0. The van der Waals surface area contributed by atoms with Gasteiger partial charge in [-0.05, 0) is 11.6 Å². The minimum atomic E-state index is 0.385. The minimum absolute atomic E-state index is 0.385. The first kappa shape index (κ1) is 6.41. The van der Waals surface area contributed by atoms with Crippen molar-refractivity contribution in [3.05, 3.63) is 60.2 Å². The molecule has 53 valence electrons. The molecule has 0 heteroatoms. The molecule has 0 saturated carbocycles. The van der Waals surface area contributed by atoms with E-state index in [1.807, 2.05) is 18.2 Å². The lowest BCUT2D eigenvalue weighted by Crippen LogP contribution is -1.86. The topological polar surface area (TPSA) is 0 Å². The Labute approximate surface area is 66.9 Å². The summed E-state index contributed by atoms with van der Waals surface area (Å²) >= 11 is 0. The number of benzene rings is 1. The lowest BCUT2D eigenvalue weighted by molar-refractivity contribution is 1.07. The van der Waals surface area contributed by atoms with Gasteiger partial charge in [0.15, 0.2) is 0 Å². The highest BCUT2D eigenvalue weighted by Crippen LogP contribution is 2.20. The molecule has 0 spiro atoms. The Kier molecular flexibility index (Phi) is 1.60. The van der Waals surface area contributed by atoms with Crippen molar-refractivity contribution in [2.75, 3.05) is 0 Å². The monoisotopic (exact) mass is 141 g/mol. The number of rotatable bonds is 1. The van der Waals surface area contributed by atoms with Gasteiger partial charge in [0.2, 0.25) is 0 Å². The van der Waals surface area contributed by atoms with Crippen LogP contribution in [0.3, 0.4) is 0 Å². The van der Waals surface area contributed by atoms with E-state index in [0.717, 1.165) is 0 Å². The smallest absolute Gasteiger partial charge is 0.0275 e. The zero-order chi connectivity index (χ0) is 7.52. The second-order valence-corrected chi connectivity index (χ2v) is 2.61. The maximum Gasteiger partial charge on any atom is 0.0275 e. The Hall–Kier alpha value is -1.30. The van der Waals surface area contributed by atoms with Crippen LogP contribution in [0.4, 0.5) is 0 Å². The van der Waals surface area contributed by atoms with Crippen molar-refractivity contribution in [2.24, 2.45) is 0 Å². The quantitative estimate of drug-likeness (QED) is 0.564. The summed E-state index contributed by atoms with van der Waals surface area (Å²) in [6.45, 7) is 0. The molecular formula is C11H9. The van der Waals surface area contributed by atoms with Gasteiger partial charge < -0.3 is 0 Å². The summed E-state index contributed by atoms with van der Waals surface area (Å²) in [6, 6.07) is 10.4. The van der Waals surface area contributed by atoms with E-state index < -0.39 is 0 Å². The molecular weight excluding hydrogens is 132 g/mol. The molecule has 0 fully saturated rings. The van der Waals surface area contributed by atoms with Crippen LogP contribution in [0, 0.1) is 6.08 Å². The van der Waals surface area contributed by atoms with E-state index in [4.69, 9.17) is 0 Å². The fourth-order valence-electron chi connectivity index (χ4n) is 1.25. The molecule has 11 heavy (non-hydrogen) atoms. The maximum atomic E-state index is 3.24. The summed E-state index contributed by atoms with van der Waals surface area (Å²) in [5.74, 6) is 0.385. The van der Waals surface area contributed by atoms with Crippen LogP contribution in [-0.2, 0) is 0 Å². The van der Waals surface area contributed by atoms with Crippen LogP contribution < -0.4 is 0 Å². The molecule has 0 bridgehead atoms. The van der Waals surface area contributed by atoms with E-state index >= 15 is 0 Å². The summed E-state index contributed by atoms with van der Waals surface area (Å²) < 4.78 is 0. The van der Waals surface area contributed by atoms with Gasteiger partial charge in [-0.15, -0.1) is 0 Å². The van der Waals surface area contributed by atoms with E-state index in [1.165, 1.54) is 5.56 Å². The molecule has 1 aromatic carbocycles. The van der Waals surface area contributed by atoms with Crippen LogP contribution in [0.2, 0.25) is 0 Å². The van der Waals surface area contributed by atoms with Gasteiger partial charge in [-0.3, -0.25) is 0 Å². The van der Waals surface area contributed by atoms with Crippen molar-refractivity contribution in [3.63, 3.8) is 0 Å². The largest absolute Gasteiger partial charge is 0.0726 e. The van der Waals surface area contributed by atoms with Crippen molar-refractivity contribution < 1.29 is 0 Å². The van der Waals surface area contributed by atoms with E-state index in [1.54, 1.807) is 0 Å². The molecule has 1 radical (unpaired) electrons. The molecule has 0 aromatic heterocycles. The average molecular weight is 141 g/mol. The van der Waals surface area contributed by atoms with Crippen molar-refractivity contribution >= 4 is 0 Å². The summed E-state index contributed by atoms with van der Waals surface area (Å²) in [5.41, 5.74) is 1.32. The summed E-state index contributed by atoms with van der Waals surface area (Å²) in [7, 11) is 0. The third kappa shape index (κ3) is 1.25. The van der Waals surface area contributed by atoms with E-state index in [2.05, 4.69) is 36.4 Å². The highest BCUT2D eigenvalue weighted by atomic mass is 14.1. The Morgan fingerprint density at radius 1 is 1.09 bits per heavy atom. The summed E-state index contributed by atoms with van der Waals surface area (Å²) in [6.07, 6.45) is 9.39. The van der Waals surface area contributed by atoms with Crippen molar-refractivity contribution in [1.82, 2.24) is 0 Å². The van der Waals surface area contributed by atoms with Gasteiger partial charge in [-0.2, -0.15) is 0 Å². The highest BCUT2D eigenvalue weighted by Gasteiger charge is 2.04. The molecule has 1 aliphatic carbocycles. The number of allylic oxidation sites excluding steroid dienone is 4. The Bertz CT molecular complexity index is 268. The molecule has 0 N–H and O–H groups in total.